The molecule has 0 aliphatic heterocycles. The van der Waals surface area contributed by atoms with E-state index in [0.29, 0.717) is 15.9 Å². The van der Waals surface area contributed by atoms with E-state index in [4.69, 9.17) is 10.8 Å². The van der Waals surface area contributed by atoms with Gasteiger partial charge >= 0.3 is 0 Å². The predicted octanol–water partition coefficient (Wildman–Crippen LogP) is 3.28. The molecule has 0 aliphatic rings. The summed E-state index contributed by atoms with van der Waals surface area (Å²) in [6.07, 6.45) is 6.66. The zero-order chi connectivity index (χ0) is 12.3. The Morgan fingerprint density at radius 1 is 1.41 bits per heavy atom. The van der Waals surface area contributed by atoms with Crippen LogP contribution < -0.4 is 5.32 Å². The quantitative estimate of drug-likeness (QED) is 0.862. The number of halogens is 1. The summed E-state index contributed by atoms with van der Waals surface area (Å²) < 4.78 is 5.51. The minimum absolute atomic E-state index is 0.242. The van der Waals surface area contributed by atoms with Crippen LogP contribution in [0.5, 0.6) is 0 Å². The lowest BCUT2D eigenvalue weighted by molar-refractivity contribution is 0.102. The van der Waals surface area contributed by atoms with Gasteiger partial charge in [0, 0.05) is 17.3 Å². The third kappa shape index (κ3) is 2.77. The van der Waals surface area contributed by atoms with Gasteiger partial charge in [0.1, 0.15) is 6.26 Å². The van der Waals surface area contributed by atoms with Crippen LogP contribution >= 0.6 is 15.9 Å². The second-order valence-electron chi connectivity index (χ2n) is 3.32. The van der Waals surface area contributed by atoms with Gasteiger partial charge in [0.05, 0.1) is 5.56 Å². The summed E-state index contributed by atoms with van der Waals surface area (Å²) >= 11 is 3.14. The minimum Gasteiger partial charge on any atom is -0.457 e. The Morgan fingerprint density at radius 2 is 2.24 bits per heavy atom. The Balaban J connectivity index is 2.16. The van der Waals surface area contributed by atoms with E-state index in [-0.39, 0.29) is 5.91 Å². The molecule has 0 fully saturated rings. The van der Waals surface area contributed by atoms with Crippen LogP contribution in [0.2, 0.25) is 0 Å². The van der Waals surface area contributed by atoms with Crippen LogP contribution in [-0.2, 0) is 0 Å². The highest BCUT2D eigenvalue weighted by atomic mass is 79.9. The Bertz CT molecular complexity index is 595. The van der Waals surface area contributed by atoms with Crippen molar-refractivity contribution in [2.75, 3.05) is 5.32 Å². The van der Waals surface area contributed by atoms with Crippen molar-refractivity contribution in [3.8, 4) is 12.3 Å². The van der Waals surface area contributed by atoms with E-state index >= 15 is 0 Å². The molecular weight excluding hydrogens is 282 g/mol. The highest BCUT2D eigenvalue weighted by molar-refractivity contribution is 9.10. The van der Waals surface area contributed by atoms with Gasteiger partial charge in [0.2, 0.25) is 0 Å². The number of furan rings is 1. The van der Waals surface area contributed by atoms with Crippen molar-refractivity contribution in [3.63, 3.8) is 0 Å². The molecule has 0 saturated heterocycles. The van der Waals surface area contributed by atoms with E-state index in [1.54, 1.807) is 30.3 Å². The zero-order valence-electron chi connectivity index (χ0n) is 8.74. The molecule has 1 heterocycles. The first-order valence-electron chi connectivity index (χ1n) is 4.81. The monoisotopic (exact) mass is 289 g/mol. The summed E-state index contributed by atoms with van der Waals surface area (Å²) in [6.45, 7) is 0. The minimum atomic E-state index is -0.242. The zero-order valence-corrected chi connectivity index (χ0v) is 10.3. The second kappa shape index (κ2) is 4.89. The first-order chi connectivity index (χ1) is 8.19. The average molecular weight is 290 g/mol. The van der Waals surface area contributed by atoms with Gasteiger partial charge in [-0.05, 0) is 34.1 Å². The Kier molecular flexibility index (Phi) is 3.31. The van der Waals surface area contributed by atoms with Crippen LogP contribution in [0.15, 0.2) is 45.7 Å². The molecule has 0 spiro atoms. The van der Waals surface area contributed by atoms with E-state index < -0.39 is 0 Å². The van der Waals surface area contributed by atoms with E-state index in [1.165, 1.54) is 6.26 Å². The lowest BCUT2D eigenvalue weighted by atomic mass is 10.2. The first-order valence-corrected chi connectivity index (χ1v) is 5.60. The average Bonchev–Trinajstić information content (AvgIpc) is 2.76. The van der Waals surface area contributed by atoms with Gasteiger partial charge in [-0.1, -0.05) is 12.0 Å². The molecule has 2 aromatic rings. The number of anilines is 1. The van der Waals surface area contributed by atoms with E-state index in [0.717, 1.165) is 5.56 Å². The number of amides is 1. The fourth-order valence-electron chi connectivity index (χ4n) is 1.32. The third-order valence-electron chi connectivity index (χ3n) is 2.12. The molecule has 0 aliphatic carbocycles. The molecule has 0 radical (unpaired) electrons. The van der Waals surface area contributed by atoms with E-state index in [1.807, 2.05) is 0 Å². The molecule has 4 heteroatoms. The summed E-state index contributed by atoms with van der Waals surface area (Å²) in [7, 11) is 0. The number of benzene rings is 1. The largest absolute Gasteiger partial charge is 0.457 e. The lowest BCUT2D eigenvalue weighted by Crippen LogP contribution is -2.10. The smallest absolute Gasteiger partial charge is 0.258 e. The Labute approximate surface area is 107 Å². The molecule has 0 saturated carbocycles. The third-order valence-corrected chi connectivity index (χ3v) is 2.53. The van der Waals surface area contributed by atoms with Gasteiger partial charge in [-0.2, -0.15) is 0 Å². The molecule has 1 amide bonds. The number of hydrogen-bond acceptors (Lipinski definition) is 2. The fourth-order valence-corrected chi connectivity index (χ4v) is 1.66. The van der Waals surface area contributed by atoms with Crippen molar-refractivity contribution < 1.29 is 9.21 Å². The molecule has 3 nitrogen and oxygen atoms in total. The predicted molar refractivity (Wildman–Crippen MR) is 68.7 cm³/mol. The normalized spacial score (nSPS) is 9.65. The van der Waals surface area contributed by atoms with Gasteiger partial charge in [0.25, 0.3) is 5.91 Å². The number of terminal acetylenes is 1. The number of hydrogen-bond donors (Lipinski definition) is 1. The summed E-state index contributed by atoms with van der Waals surface area (Å²) in [5.74, 6) is 2.27. The number of carbonyl (C=O) groups excluding carboxylic acids is 1. The van der Waals surface area contributed by atoms with Gasteiger partial charge < -0.3 is 9.73 Å². The molecule has 1 aromatic heterocycles. The number of nitrogens with one attached hydrogen (secondary N) is 1. The first kappa shape index (κ1) is 11.5. The second-order valence-corrected chi connectivity index (χ2v) is 4.10. The maximum absolute atomic E-state index is 11.8. The SMILES string of the molecule is C#Cc1cccc(NC(=O)c2coc(Br)c2)c1. The maximum atomic E-state index is 11.8. The summed E-state index contributed by atoms with van der Waals surface area (Å²) in [5, 5.41) is 2.73. The van der Waals surface area contributed by atoms with Gasteiger partial charge in [-0.15, -0.1) is 6.42 Å². The Morgan fingerprint density at radius 3 is 2.88 bits per heavy atom. The molecule has 17 heavy (non-hydrogen) atoms. The van der Waals surface area contributed by atoms with E-state index in [9.17, 15) is 4.79 Å². The highest BCUT2D eigenvalue weighted by Crippen LogP contribution is 2.16. The van der Waals surface area contributed by atoms with Crippen LogP contribution in [0.4, 0.5) is 5.69 Å². The lowest BCUT2D eigenvalue weighted by Gasteiger charge is -2.03. The number of carbonyl (C=O) groups is 1. The molecule has 0 atom stereocenters. The van der Waals surface area contributed by atoms with Crippen molar-refractivity contribution in [2.45, 2.75) is 0 Å². The van der Waals surface area contributed by atoms with Crippen molar-refractivity contribution in [2.24, 2.45) is 0 Å². The highest BCUT2D eigenvalue weighted by Gasteiger charge is 2.09. The molecule has 0 unspecified atom stereocenters. The van der Waals surface area contributed by atoms with Crippen molar-refractivity contribution >= 4 is 27.5 Å². The van der Waals surface area contributed by atoms with Crippen LogP contribution in [0.1, 0.15) is 15.9 Å². The molecule has 0 bridgehead atoms. The van der Waals surface area contributed by atoms with Crippen LogP contribution in [-0.4, -0.2) is 5.91 Å². The van der Waals surface area contributed by atoms with Crippen molar-refractivity contribution in [3.05, 3.63) is 52.4 Å². The van der Waals surface area contributed by atoms with Crippen LogP contribution in [0, 0.1) is 12.3 Å². The van der Waals surface area contributed by atoms with Crippen molar-refractivity contribution in [1.82, 2.24) is 0 Å². The van der Waals surface area contributed by atoms with Gasteiger partial charge in [-0.3, -0.25) is 4.79 Å². The summed E-state index contributed by atoms with van der Waals surface area (Å²) in [6, 6.07) is 8.68. The Hall–Kier alpha value is -1.99. The maximum Gasteiger partial charge on any atom is 0.258 e. The molecular formula is C13H8BrNO2. The summed E-state index contributed by atoms with van der Waals surface area (Å²) in [4.78, 5) is 11.8. The molecule has 84 valence electrons. The van der Waals surface area contributed by atoms with Crippen molar-refractivity contribution in [1.29, 1.82) is 0 Å². The fraction of sp³-hybridized carbons (Fsp3) is 0. The summed E-state index contributed by atoms with van der Waals surface area (Å²) in [5.41, 5.74) is 1.82. The molecule has 1 N–H and O–H groups in total. The molecule has 2 rings (SSSR count). The standard InChI is InChI=1S/C13H8BrNO2/c1-2-9-4-3-5-11(6-9)15-13(16)10-7-12(14)17-8-10/h1,3-8H,(H,15,16). The molecule has 1 aromatic carbocycles. The number of rotatable bonds is 2. The topological polar surface area (TPSA) is 42.2 Å². The van der Waals surface area contributed by atoms with Gasteiger partial charge in [-0.25, -0.2) is 0 Å². The van der Waals surface area contributed by atoms with Gasteiger partial charge in [0.15, 0.2) is 4.67 Å². The van der Waals surface area contributed by atoms with Crippen LogP contribution in [0.3, 0.4) is 0 Å². The van der Waals surface area contributed by atoms with Crippen LogP contribution in [0.25, 0.3) is 0 Å². The van der Waals surface area contributed by atoms with E-state index in [2.05, 4.69) is 27.2 Å².